The van der Waals surface area contributed by atoms with Crippen LogP contribution in [-0.2, 0) is 14.3 Å². The summed E-state index contributed by atoms with van der Waals surface area (Å²) in [7, 11) is 1.38. The number of allylic oxidation sites excluding steroid dienone is 3. The van der Waals surface area contributed by atoms with E-state index in [-0.39, 0.29) is 17.7 Å². The smallest absolute Gasteiger partial charge is 0.336 e. The van der Waals surface area contributed by atoms with E-state index in [9.17, 15) is 9.59 Å². The first-order valence-corrected chi connectivity index (χ1v) is 7.92. The van der Waals surface area contributed by atoms with E-state index < -0.39 is 0 Å². The highest BCUT2D eigenvalue weighted by Crippen LogP contribution is 2.42. The Bertz CT molecular complexity index is 725. The number of dihydropyridines is 1. The molecule has 4 nitrogen and oxygen atoms in total. The molecule has 2 aliphatic rings. The molecule has 120 valence electrons. The highest BCUT2D eigenvalue weighted by Gasteiger charge is 2.38. The van der Waals surface area contributed by atoms with Crippen molar-refractivity contribution < 1.29 is 14.3 Å². The Balaban J connectivity index is 2.18. The molecule has 3 rings (SSSR count). The van der Waals surface area contributed by atoms with Gasteiger partial charge in [0.1, 0.15) is 0 Å². The Labute approximate surface area is 136 Å². The highest BCUT2D eigenvalue weighted by molar-refractivity contribution is 6.03. The Morgan fingerprint density at radius 3 is 2.52 bits per heavy atom. The minimum absolute atomic E-state index is 0.123. The number of aryl methyl sites for hydroxylation is 1. The number of benzene rings is 1. The number of rotatable bonds is 2. The zero-order chi connectivity index (χ0) is 16.6. The molecule has 1 atom stereocenters. The van der Waals surface area contributed by atoms with E-state index >= 15 is 0 Å². The van der Waals surface area contributed by atoms with Gasteiger partial charge in [-0.1, -0.05) is 29.8 Å². The second kappa shape index (κ2) is 6.03. The molecule has 1 aromatic rings. The minimum Gasteiger partial charge on any atom is -0.466 e. The molecule has 23 heavy (non-hydrogen) atoms. The van der Waals surface area contributed by atoms with Gasteiger partial charge in [0.05, 0.1) is 12.7 Å². The first-order valence-electron chi connectivity index (χ1n) is 7.92. The van der Waals surface area contributed by atoms with Crippen molar-refractivity contribution in [2.45, 2.75) is 39.0 Å². The summed E-state index contributed by atoms with van der Waals surface area (Å²) in [5, 5.41) is 3.26. The Kier molecular flexibility index (Phi) is 4.07. The summed E-state index contributed by atoms with van der Waals surface area (Å²) in [6.07, 6.45) is 2.23. The van der Waals surface area contributed by atoms with Crippen molar-refractivity contribution in [3.8, 4) is 0 Å². The minimum atomic E-state index is -0.384. The van der Waals surface area contributed by atoms with Crippen molar-refractivity contribution in [2.24, 2.45) is 0 Å². The van der Waals surface area contributed by atoms with Gasteiger partial charge in [0.25, 0.3) is 0 Å². The lowest BCUT2D eigenvalue weighted by molar-refractivity contribution is -0.136. The maximum absolute atomic E-state index is 12.6. The van der Waals surface area contributed by atoms with Crippen LogP contribution in [0, 0.1) is 6.92 Å². The molecule has 1 unspecified atom stereocenters. The van der Waals surface area contributed by atoms with Crippen LogP contribution in [0.25, 0.3) is 0 Å². The van der Waals surface area contributed by atoms with E-state index in [1.807, 2.05) is 38.1 Å². The number of nitrogens with one attached hydrogen (secondary N) is 1. The van der Waals surface area contributed by atoms with Gasteiger partial charge < -0.3 is 10.1 Å². The van der Waals surface area contributed by atoms with Crippen LogP contribution in [0.2, 0.25) is 0 Å². The van der Waals surface area contributed by atoms with Crippen LogP contribution in [0.5, 0.6) is 0 Å². The molecule has 4 heteroatoms. The molecule has 0 saturated heterocycles. The number of Topliss-reactive ketones (excluding diaryl/α,β-unsaturated/α-hetero) is 1. The summed E-state index contributed by atoms with van der Waals surface area (Å²) in [6.45, 7) is 3.89. The molecule has 1 N–H and O–H groups in total. The first kappa shape index (κ1) is 15.5. The van der Waals surface area contributed by atoms with Crippen LogP contribution in [0.4, 0.5) is 0 Å². The molecule has 1 aliphatic heterocycles. The van der Waals surface area contributed by atoms with E-state index in [2.05, 4.69) is 5.32 Å². The van der Waals surface area contributed by atoms with Gasteiger partial charge in [0, 0.05) is 29.3 Å². The maximum Gasteiger partial charge on any atom is 0.336 e. The van der Waals surface area contributed by atoms with Crippen molar-refractivity contribution in [1.82, 2.24) is 5.32 Å². The molecule has 0 bridgehead atoms. The molecule has 0 spiro atoms. The fraction of sp³-hybridized carbons (Fsp3) is 0.368. The number of ketones is 1. The third-order valence-corrected chi connectivity index (χ3v) is 4.59. The van der Waals surface area contributed by atoms with Crippen LogP contribution in [0.3, 0.4) is 0 Å². The first-order chi connectivity index (χ1) is 11.0. The third kappa shape index (κ3) is 2.69. The normalized spacial score (nSPS) is 21.0. The molecule has 1 heterocycles. The molecule has 0 radical (unpaired) electrons. The summed E-state index contributed by atoms with van der Waals surface area (Å²) < 4.78 is 4.98. The number of esters is 1. The van der Waals surface area contributed by atoms with Crippen molar-refractivity contribution in [3.05, 3.63) is 57.9 Å². The van der Waals surface area contributed by atoms with E-state index in [0.29, 0.717) is 12.0 Å². The average Bonchev–Trinajstić information content (AvgIpc) is 2.54. The lowest BCUT2D eigenvalue weighted by atomic mass is 9.75. The lowest BCUT2D eigenvalue weighted by Gasteiger charge is -2.34. The second-order valence-corrected chi connectivity index (χ2v) is 6.17. The third-order valence-electron chi connectivity index (χ3n) is 4.59. The summed E-state index contributed by atoms with van der Waals surface area (Å²) in [4.78, 5) is 24.9. The van der Waals surface area contributed by atoms with E-state index in [1.165, 1.54) is 7.11 Å². The van der Waals surface area contributed by atoms with Crippen LogP contribution in [0.15, 0.2) is 46.8 Å². The number of hydrogen-bond acceptors (Lipinski definition) is 4. The molecular weight excluding hydrogens is 290 g/mol. The van der Waals surface area contributed by atoms with Crippen LogP contribution >= 0.6 is 0 Å². The van der Waals surface area contributed by atoms with Crippen LogP contribution in [0.1, 0.15) is 43.2 Å². The van der Waals surface area contributed by atoms with E-state index in [0.717, 1.165) is 40.9 Å². The fourth-order valence-electron chi connectivity index (χ4n) is 3.46. The molecule has 1 aliphatic carbocycles. The van der Waals surface area contributed by atoms with Gasteiger partial charge in [-0.05, 0) is 32.3 Å². The van der Waals surface area contributed by atoms with Gasteiger partial charge in [-0.15, -0.1) is 0 Å². The number of carbonyl (C=O) groups is 2. The van der Waals surface area contributed by atoms with Gasteiger partial charge >= 0.3 is 5.97 Å². The van der Waals surface area contributed by atoms with Gasteiger partial charge in [0.15, 0.2) is 5.78 Å². The molecular formula is C19H21NO3. The topological polar surface area (TPSA) is 55.4 Å². The van der Waals surface area contributed by atoms with Gasteiger partial charge in [-0.25, -0.2) is 4.79 Å². The fourth-order valence-corrected chi connectivity index (χ4v) is 3.46. The molecule has 0 fully saturated rings. The van der Waals surface area contributed by atoms with Gasteiger partial charge in [-0.2, -0.15) is 0 Å². The number of ether oxygens (including phenoxy) is 1. The molecule has 0 amide bonds. The van der Waals surface area contributed by atoms with E-state index in [4.69, 9.17) is 4.74 Å². The Hall–Kier alpha value is -2.36. The number of methoxy groups -OCH3 is 1. The average molecular weight is 311 g/mol. The zero-order valence-corrected chi connectivity index (χ0v) is 13.7. The Morgan fingerprint density at radius 2 is 1.87 bits per heavy atom. The molecule has 0 aromatic heterocycles. The zero-order valence-electron chi connectivity index (χ0n) is 13.7. The predicted octanol–water partition coefficient (Wildman–Crippen LogP) is 3.14. The highest BCUT2D eigenvalue weighted by atomic mass is 16.5. The summed E-state index contributed by atoms with van der Waals surface area (Å²) in [6, 6.07) is 8.01. The monoisotopic (exact) mass is 311 g/mol. The van der Waals surface area contributed by atoms with Gasteiger partial charge in [-0.3, -0.25) is 4.79 Å². The van der Waals surface area contributed by atoms with Crippen molar-refractivity contribution >= 4 is 11.8 Å². The number of hydrogen-bond donors (Lipinski definition) is 1. The van der Waals surface area contributed by atoms with Crippen LogP contribution in [-0.4, -0.2) is 18.9 Å². The van der Waals surface area contributed by atoms with Crippen molar-refractivity contribution in [3.63, 3.8) is 0 Å². The largest absolute Gasteiger partial charge is 0.466 e. The standard InChI is InChI=1S/C19H21NO3/c1-11-7-9-13(10-8-11)17-16(19(22)23-3)12(2)20-14-5-4-6-15(21)18(14)17/h7-10,17,20H,4-6H2,1-3H3. The Morgan fingerprint density at radius 1 is 1.17 bits per heavy atom. The van der Waals surface area contributed by atoms with E-state index in [1.54, 1.807) is 0 Å². The molecule has 1 aromatic carbocycles. The molecule has 0 saturated carbocycles. The predicted molar refractivity (Wildman–Crippen MR) is 87.7 cm³/mol. The maximum atomic E-state index is 12.6. The quantitative estimate of drug-likeness (QED) is 0.853. The summed E-state index contributed by atoms with van der Waals surface area (Å²) in [5.74, 6) is -0.601. The van der Waals surface area contributed by atoms with Gasteiger partial charge in [0.2, 0.25) is 0 Å². The second-order valence-electron chi connectivity index (χ2n) is 6.17. The number of carbonyl (C=O) groups excluding carboxylic acids is 2. The van der Waals surface area contributed by atoms with Crippen molar-refractivity contribution in [1.29, 1.82) is 0 Å². The van der Waals surface area contributed by atoms with Crippen LogP contribution < -0.4 is 5.32 Å². The summed E-state index contributed by atoms with van der Waals surface area (Å²) >= 11 is 0. The lowest BCUT2D eigenvalue weighted by Crippen LogP contribution is -2.34. The summed E-state index contributed by atoms with van der Waals surface area (Å²) in [5.41, 5.74) is 5.09. The van der Waals surface area contributed by atoms with Crippen molar-refractivity contribution in [2.75, 3.05) is 7.11 Å². The SMILES string of the molecule is COC(=O)C1=C(C)NC2=C(C(=O)CCC2)C1c1ccc(C)cc1.